The predicted molar refractivity (Wildman–Crippen MR) is 201 cm³/mol. The van der Waals surface area contributed by atoms with Crippen LogP contribution in [0.3, 0.4) is 0 Å². The highest BCUT2D eigenvalue weighted by Gasteiger charge is 2.48. The second kappa shape index (κ2) is 12.9. The summed E-state index contributed by atoms with van der Waals surface area (Å²) in [7, 11) is 0. The molecule has 50 heavy (non-hydrogen) atoms. The highest BCUT2D eigenvalue weighted by molar-refractivity contribution is 6.08. The van der Waals surface area contributed by atoms with Crippen molar-refractivity contribution in [3.05, 3.63) is 131 Å². The lowest BCUT2D eigenvalue weighted by atomic mass is 9.67. The Morgan fingerprint density at radius 3 is 2.12 bits per heavy atom. The topological polar surface area (TPSA) is 51.2 Å². The number of morpholine rings is 1. The third-order valence-corrected chi connectivity index (χ3v) is 11.7. The van der Waals surface area contributed by atoms with E-state index in [-0.39, 0.29) is 18.6 Å². The molecule has 9 rings (SSSR count). The summed E-state index contributed by atoms with van der Waals surface area (Å²) >= 11 is 0. The van der Waals surface area contributed by atoms with E-state index in [1.165, 1.54) is 83.8 Å². The lowest BCUT2D eigenvalue weighted by molar-refractivity contribution is 0.122. The van der Waals surface area contributed by atoms with Crippen LogP contribution in [-0.2, 0) is 15.8 Å². The number of hydrogen-bond acceptors (Lipinski definition) is 5. The predicted octanol–water partition coefficient (Wildman–Crippen LogP) is 9.41. The second-order valence-electron chi connectivity index (χ2n) is 14.3. The quantitative estimate of drug-likeness (QED) is 0.196. The molecule has 1 saturated carbocycles. The molecule has 5 heteroatoms. The maximum atomic E-state index is 9.35. The maximum Gasteiger partial charge on any atom is 0.178 e. The van der Waals surface area contributed by atoms with Crippen LogP contribution >= 0.6 is 0 Å². The summed E-state index contributed by atoms with van der Waals surface area (Å²) in [6.07, 6.45) is 13.4. The molecule has 1 N–H and O–H groups in total. The van der Waals surface area contributed by atoms with E-state index in [2.05, 4.69) is 102 Å². The van der Waals surface area contributed by atoms with Crippen LogP contribution in [0.1, 0.15) is 72.8 Å². The highest BCUT2D eigenvalue weighted by Crippen LogP contribution is 2.61. The van der Waals surface area contributed by atoms with Gasteiger partial charge in [-0.3, -0.25) is 0 Å². The lowest BCUT2D eigenvalue weighted by Gasteiger charge is -2.40. The average molecular weight is 664 g/mol. The third kappa shape index (κ3) is 5.05. The van der Waals surface area contributed by atoms with Gasteiger partial charge in [-0.25, -0.2) is 0 Å². The fourth-order valence-electron chi connectivity index (χ4n) is 9.33. The number of ether oxygens (including phenoxy) is 3. The van der Waals surface area contributed by atoms with Crippen molar-refractivity contribution < 1.29 is 19.3 Å². The molecule has 0 amide bonds. The first-order chi connectivity index (χ1) is 24.7. The Hall–Kier alpha value is -4.58. The van der Waals surface area contributed by atoms with E-state index < -0.39 is 5.60 Å². The molecule has 5 aromatic carbocycles. The molecule has 2 aliphatic heterocycles. The van der Waals surface area contributed by atoms with Crippen LogP contribution in [-0.4, -0.2) is 44.6 Å². The zero-order chi connectivity index (χ0) is 33.5. The van der Waals surface area contributed by atoms with Crippen LogP contribution in [0.5, 0.6) is 11.5 Å². The Morgan fingerprint density at radius 2 is 1.38 bits per heavy atom. The summed E-state index contributed by atoms with van der Waals surface area (Å²) in [4.78, 5) is 2.39. The van der Waals surface area contributed by atoms with Gasteiger partial charge in [0.05, 0.1) is 19.8 Å². The normalized spacial score (nSPS) is 20.8. The molecule has 5 nitrogen and oxygen atoms in total. The second-order valence-corrected chi connectivity index (χ2v) is 14.3. The number of aliphatic hydroxyl groups is 1. The fourth-order valence-corrected chi connectivity index (χ4v) is 9.33. The van der Waals surface area contributed by atoms with Crippen LogP contribution in [0.15, 0.2) is 103 Å². The standard InChI is InChI=1S/C45H45NO4/c47-28-31-49-35-20-16-33(17-21-35)45(32-14-18-34(19-15-32)46-26-29-48-30-27-46)25-22-39-42-41(36-10-4-5-11-37(36)43(39)50-45)38-12-6-7-13-40(38)44(42)23-8-2-1-3-9-24-44/h4-7,10-22,25,47H,1-3,8-9,23-24,26-31H2. The minimum absolute atomic E-state index is 0.0213. The van der Waals surface area contributed by atoms with Crippen molar-refractivity contribution in [3.8, 4) is 22.6 Å². The molecule has 5 aromatic rings. The molecule has 2 aliphatic carbocycles. The number of rotatable bonds is 6. The van der Waals surface area contributed by atoms with E-state index in [1.807, 2.05) is 12.1 Å². The number of benzene rings is 5. The molecule has 0 bridgehead atoms. The van der Waals surface area contributed by atoms with Gasteiger partial charge in [-0.15, -0.1) is 0 Å². The van der Waals surface area contributed by atoms with Gasteiger partial charge in [0.15, 0.2) is 5.60 Å². The Morgan fingerprint density at radius 1 is 0.720 bits per heavy atom. The first kappa shape index (κ1) is 31.4. The van der Waals surface area contributed by atoms with Crippen LogP contribution in [0.4, 0.5) is 5.69 Å². The van der Waals surface area contributed by atoms with Gasteiger partial charge < -0.3 is 24.2 Å². The third-order valence-electron chi connectivity index (χ3n) is 11.7. The molecule has 1 spiro atoms. The molecule has 1 unspecified atom stereocenters. The monoisotopic (exact) mass is 663 g/mol. The van der Waals surface area contributed by atoms with Gasteiger partial charge in [-0.1, -0.05) is 111 Å². The van der Waals surface area contributed by atoms with Gasteiger partial charge in [-0.2, -0.15) is 0 Å². The smallest absolute Gasteiger partial charge is 0.178 e. The molecular weight excluding hydrogens is 618 g/mol. The van der Waals surface area contributed by atoms with Gasteiger partial charge in [0.25, 0.3) is 0 Å². The molecule has 2 fully saturated rings. The van der Waals surface area contributed by atoms with Crippen LogP contribution < -0.4 is 14.4 Å². The fraction of sp³-hybridized carbons (Fsp3) is 0.333. The van der Waals surface area contributed by atoms with E-state index in [0.717, 1.165) is 54.3 Å². The number of nitrogens with zero attached hydrogens (tertiary/aromatic N) is 1. The van der Waals surface area contributed by atoms with Gasteiger partial charge in [0, 0.05) is 46.3 Å². The number of hydrogen-bond donors (Lipinski definition) is 1. The van der Waals surface area contributed by atoms with Crippen LogP contribution in [0, 0.1) is 0 Å². The van der Waals surface area contributed by atoms with E-state index in [0.29, 0.717) is 0 Å². The number of anilines is 1. The lowest BCUT2D eigenvalue weighted by Crippen LogP contribution is -2.37. The zero-order valence-corrected chi connectivity index (χ0v) is 28.7. The van der Waals surface area contributed by atoms with Gasteiger partial charge in [0.1, 0.15) is 18.1 Å². The number of aliphatic hydroxyl groups excluding tert-OH is 1. The zero-order valence-electron chi connectivity index (χ0n) is 28.7. The number of fused-ring (bicyclic) bond motifs is 10. The SMILES string of the molecule is OCCOc1ccc(C2(c3ccc(N4CCOCC4)cc3)C=Cc3c4c(c5ccccc5c3O2)-c2ccccc2C42CCCCCCC2)cc1. The highest BCUT2D eigenvalue weighted by atomic mass is 16.5. The van der Waals surface area contributed by atoms with Crippen molar-refractivity contribution >= 4 is 22.5 Å². The summed E-state index contributed by atoms with van der Waals surface area (Å²) in [5.41, 5.74) is 9.42. The minimum Gasteiger partial charge on any atom is -0.491 e. The molecule has 254 valence electrons. The van der Waals surface area contributed by atoms with E-state index in [4.69, 9.17) is 14.2 Å². The minimum atomic E-state index is -0.859. The van der Waals surface area contributed by atoms with Crippen molar-refractivity contribution in [1.29, 1.82) is 0 Å². The van der Waals surface area contributed by atoms with Crippen LogP contribution in [0.2, 0.25) is 0 Å². The van der Waals surface area contributed by atoms with Gasteiger partial charge in [-0.05, 0) is 70.8 Å². The van der Waals surface area contributed by atoms with Gasteiger partial charge >= 0.3 is 0 Å². The Labute approximate surface area is 295 Å². The molecule has 1 atom stereocenters. The maximum absolute atomic E-state index is 9.35. The van der Waals surface area contributed by atoms with E-state index >= 15 is 0 Å². The average Bonchev–Trinajstić information content (AvgIpc) is 3.46. The first-order valence-electron chi connectivity index (χ1n) is 18.6. The first-order valence-corrected chi connectivity index (χ1v) is 18.6. The van der Waals surface area contributed by atoms with Crippen molar-refractivity contribution in [1.82, 2.24) is 0 Å². The molecule has 1 saturated heterocycles. The molecule has 2 heterocycles. The summed E-state index contributed by atoms with van der Waals surface area (Å²) < 4.78 is 19.0. The molecule has 0 radical (unpaired) electrons. The van der Waals surface area contributed by atoms with Crippen LogP contribution in [0.25, 0.3) is 28.0 Å². The Balaban J connectivity index is 1.25. The van der Waals surface area contributed by atoms with Crippen molar-refractivity contribution in [2.45, 2.75) is 56.0 Å². The van der Waals surface area contributed by atoms with E-state index in [9.17, 15) is 5.11 Å². The summed E-state index contributed by atoms with van der Waals surface area (Å²) in [6, 6.07) is 35.2. The molecule has 0 aromatic heterocycles. The Kier molecular flexibility index (Phi) is 8.13. The van der Waals surface area contributed by atoms with Crippen molar-refractivity contribution in [3.63, 3.8) is 0 Å². The molecule has 4 aliphatic rings. The van der Waals surface area contributed by atoms with E-state index in [1.54, 1.807) is 0 Å². The summed E-state index contributed by atoms with van der Waals surface area (Å²) in [5, 5.41) is 11.8. The van der Waals surface area contributed by atoms with Gasteiger partial charge in [0.2, 0.25) is 0 Å². The summed E-state index contributed by atoms with van der Waals surface area (Å²) in [5.74, 6) is 1.70. The Bertz CT molecular complexity index is 2040. The summed E-state index contributed by atoms with van der Waals surface area (Å²) in [6.45, 7) is 3.53. The molecular formula is C45H45NO4. The largest absolute Gasteiger partial charge is 0.491 e. The van der Waals surface area contributed by atoms with Crippen molar-refractivity contribution in [2.24, 2.45) is 0 Å². The van der Waals surface area contributed by atoms with Crippen molar-refractivity contribution in [2.75, 3.05) is 44.4 Å².